The third-order valence-corrected chi connectivity index (χ3v) is 4.82. The van der Waals surface area contributed by atoms with Crippen LogP contribution in [-0.4, -0.2) is 41.0 Å². The number of hydrogen-bond donors (Lipinski definition) is 2. The van der Waals surface area contributed by atoms with Gasteiger partial charge < -0.3 is 20.1 Å². The van der Waals surface area contributed by atoms with Gasteiger partial charge in [0.2, 0.25) is 5.91 Å². The number of nitrogens with one attached hydrogen (secondary N) is 2. The molecule has 0 radical (unpaired) electrons. The monoisotopic (exact) mass is 423 g/mol. The van der Waals surface area contributed by atoms with Crippen molar-refractivity contribution in [2.75, 3.05) is 24.9 Å². The molecular formula is C22H25N5O4. The average Bonchev–Trinajstić information content (AvgIpc) is 3.14. The number of benzene rings is 2. The maximum absolute atomic E-state index is 12.7. The van der Waals surface area contributed by atoms with Crippen LogP contribution in [0, 0.1) is 6.92 Å². The Kier molecular flexibility index (Phi) is 6.86. The second-order valence-corrected chi connectivity index (χ2v) is 6.76. The lowest BCUT2D eigenvalue weighted by Crippen LogP contribution is -2.21. The van der Waals surface area contributed by atoms with Gasteiger partial charge in [-0.2, -0.15) is 0 Å². The molecule has 3 rings (SSSR count). The molecule has 0 aliphatic rings. The summed E-state index contributed by atoms with van der Waals surface area (Å²) in [6.07, 6.45) is 0.789. The molecule has 2 aromatic carbocycles. The lowest BCUT2D eigenvalue weighted by Gasteiger charge is -2.12. The van der Waals surface area contributed by atoms with Crippen molar-refractivity contribution < 1.29 is 19.1 Å². The van der Waals surface area contributed by atoms with Crippen LogP contribution in [0.15, 0.2) is 42.5 Å². The minimum atomic E-state index is -0.373. The summed E-state index contributed by atoms with van der Waals surface area (Å²) in [5, 5.41) is 13.6. The van der Waals surface area contributed by atoms with Gasteiger partial charge in [0.25, 0.3) is 5.91 Å². The second-order valence-electron chi connectivity index (χ2n) is 6.76. The first kappa shape index (κ1) is 21.8. The van der Waals surface area contributed by atoms with Crippen LogP contribution in [0.2, 0.25) is 0 Å². The first-order chi connectivity index (χ1) is 15.0. The van der Waals surface area contributed by atoms with E-state index in [-0.39, 0.29) is 24.1 Å². The smallest absolute Gasteiger partial charge is 0.278 e. The van der Waals surface area contributed by atoms with Crippen molar-refractivity contribution >= 4 is 23.2 Å². The molecule has 9 nitrogen and oxygen atoms in total. The van der Waals surface area contributed by atoms with E-state index in [9.17, 15) is 9.59 Å². The van der Waals surface area contributed by atoms with Gasteiger partial charge in [0.05, 0.1) is 25.6 Å². The molecule has 0 atom stereocenters. The second kappa shape index (κ2) is 9.75. The van der Waals surface area contributed by atoms with Crippen LogP contribution in [0.1, 0.15) is 28.7 Å². The molecule has 9 heteroatoms. The lowest BCUT2D eigenvalue weighted by molar-refractivity contribution is -0.117. The number of hydrogen-bond acceptors (Lipinski definition) is 6. The Balaban J connectivity index is 1.70. The molecule has 2 N–H and O–H groups in total. The Hall–Kier alpha value is -3.88. The molecular weight excluding hydrogens is 398 g/mol. The number of methoxy groups -OCH3 is 2. The predicted octanol–water partition coefficient (Wildman–Crippen LogP) is 3.06. The molecule has 1 aromatic heterocycles. The zero-order chi connectivity index (χ0) is 22.4. The van der Waals surface area contributed by atoms with Crippen LogP contribution < -0.4 is 20.1 Å². The third kappa shape index (κ3) is 5.00. The molecule has 0 unspecified atom stereocenters. The number of aryl methyl sites for hydroxylation is 1. The van der Waals surface area contributed by atoms with Gasteiger partial charge in [-0.25, -0.2) is 4.68 Å². The van der Waals surface area contributed by atoms with Crippen molar-refractivity contribution in [1.82, 2.24) is 15.0 Å². The molecule has 3 aromatic rings. The SMILES string of the molecule is CCc1ccccc1NC(=O)c1nnn(CC(=O)Nc2ccc(OC)cc2OC)c1C. The number of carbonyl (C=O) groups excluding carboxylic acids is 2. The predicted molar refractivity (Wildman–Crippen MR) is 117 cm³/mol. The van der Waals surface area contributed by atoms with Crippen LogP contribution in [0.4, 0.5) is 11.4 Å². The largest absolute Gasteiger partial charge is 0.497 e. The first-order valence-electron chi connectivity index (χ1n) is 9.78. The van der Waals surface area contributed by atoms with Gasteiger partial charge in [-0.1, -0.05) is 30.3 Å². The van der Waals surface area contributed by atoms with Crippen LogP contribution in [0.5, 0.6) is 11.5 Å². The van der Waals surface area contributed by atoms with E-state index >= 15 is 0 Å². The number of rotatable bonds is 8. The molecule has 0 aliphatic carbocycles. The van der Waals surface area contributed by atoms with Gasteiger partial charge in [-0.15, -0.1) is 5.10 Å². The molecule has 0 fully saturated rings. The van der Waals surface area contributed by atoms with Crippen LogP contribution >= 0.6 is 0 Å². The summed E-state index contributed by atoms with van der Waals surface area (Å²) < 4.78 is 11.8. The fourth-order valence-electron chi connectivity index (χ4n) is 3.08. The van der Waals surface area contributed by atoms with Gasteiger partial charge in [0.15, 0.2) is 5.69 Å². The molecule has 0 bridgehead atoms. The lowest BCUT2D eigenvalue weighted by atomic mass is 10.1. The molecule has 31 heavy (non-hydrogen) atoms. The molecule has 2 amide bonds. The molecule has 0 saturated heterocycles. The van der Waals surface area contributed by atoms with Crippen molar-refractivity contribution in [3.05, 3.63) is 59.4 Å². The summed E-state index contributed by atoms with van der Waals surface area (Å²) in [5.41, 5.74) is 2.91. The van der Waals surface area contributed by atoms with Gasteiger partial charge in [0, 0.05) is 11.8 Å². The first-order valence-corrected chi connectivity index (χ1v) is 9.78. The summed E-state index contributed by atoms with van der Waals surface area (Å²) >= 11 is 0. The van der Waals surface area contributed by atoms with E-state index in [2.05, 4.69) is 20.9 Å². The normalized spacial score (nSPS) is 10.5. The van der Waals surface area contributed by atoms with Gasteiger partial charge in [-0.05, 0) is 37.1 Å². The fraction of sp³-hybridized carbons (Fsp3) is 0.273. The van der Waals surface area contributed by atoms with Crippen molar-refractivity contribution in [2.24, 2.45) is 0 Å². The number of para-hydroxylation sites is 1. The van der Waals surface area contributed by atoms with Crippen molar-refractivity contribution in [1.29, 1.82) is 0 Å². The Bertz CT molecular complexity index is 1090. The standard InChI is InChI=1S/C22H25N5O4/c1-5-15-8-6-7-9-17(15)24-22(29)21-14(2)27(26-25-21)13-20(28)23-18-11-10-16(30-3)12-19(18)31-4/h6-12H,5,13H2,1-4H3,(H,23,28)(H,24,29). The quantitative estimate of drug-likeness (QED) is 0.577. The number of ether oxygens (including phenoxy) is 2. The van der Waals surface area contributed by atoms with E-state index in [4.69, 9.17) is 9.47 Å². The highest BCUT2D eigenvalue weighted by Crippen LogP contribution is 2.29. The highest BCUT2D eigenvalue weighted by Gasteiger charge is 2.19. The third-order valence-electron chi connectivity index (χ3n) is 4.82. The van der Waals surface area contributed by atoms with Crippen molar-refractivity contribution in [3.63, 3.8) is 0 Å². The highest BCUT2D eigenvalue weighted by atomic mass is 16.5. The van der Waals surface area contributed by atoms with Crippen LogP contribution in [-0.2, 0) is 17.8 Å². The molecule has 0 saturated carbocycles. The van der Waals surface area contributed by atoms with Crippen molar-refractivity contribution in [2.45, 2.75) is 26.8 Å². The van der Waals surface area contributed by atoms with Gasteiger partial charge in [-0.3, -0.25) is 9.59 Å². The Labute approximate surface area is 180 Å². The van der Waals surface area contributed by atoms with E-state index in [1.807, 2.05) is 31.2 Å². The average molecular weight is 423 g/mol. The molecule has 162 valence electrons. The fourth-order valence-corrected chi connectivity index (χ4v) is 3.08. The van der Waals surface area contributed by atoms with Gasteiger partial charge >= 0.3 is 0 Å². The summed E-state index contributed by atoms with van der Waals surface area (Å²) in [5.74, 6) is 0.376. The van der Waals surface area contributed by atoms with Crippen molar-refractivity contribution in [3.8, 4) is 11.5 Å². The Morgan fingerprint density at radius 2 is 1.81 bits per heavy atom. The number of carbonyl (C=O) groups is 2. The summed E-state index contributed by atoms with van der Waals surface area (Å²) in [7, 11) is 3.06. The zero-order valence-corrected chi connectivity index (χ0v) is 17.9. The maximum Gasteiger partial charge on any atom is 0.278 e. The Morgan fingerprint density at radius 3 is 2.52 bits per heavy atom. The summed E-state index contributed by atoms with van der Waals surface area (Å²) in [4.78, 5) is 25.2. The van der Waals surface area contributed by atoms with E-state index in [1.165, 1.54) is 11.8 Å². The number of amides is 2. The van der Waals surface area contributed by atoms with Crippen LogP contribution in [0.3, 0.4) is 0 Å². The van der Waals surface area contributed by atoms with E-state index in [0.29, 0.717) is 22.9 Å². The van der Waals surface area contributed by atoms with E-state index in [1.54, 1.807) is 32.2 Å². The molecule has 1 heterocycles. The number of anilines is 2. The summed E-state index contributed by atoms with van der Waals surface area (Å²) in [6.45, 7) is 3.61. The summed E-state index contributed by atoms with van der Waals surface area (Å²) in [6, 6.07) is 12.7. The van der Waals surface area contributed by atoms with Crippen LogP contribution in [0.25, 0.3) is 0 Å². The topological polar surface area (TPSA) is 107 Å². The van der Waals surface area contributed by atoms with E-state index < -0.39 is 0 Å². The highest BCUT2D eigenvalue weighted by molar-refractivity contribution is 6.04. The van der Waals surface area contributed by atoms with Gasteiger partial charge in [0.1, 0.15) is 18.0 Å². The minimum absolute atomic E-state index is 0.104. The zero-order valence-electron chi connectivity index (χ0n) is 17.9. The maximum atomic E-state index is 12.7. The molecule has 0 aliphatic heterocycles. The van der Waals surface area contributed by atoms with E-state index in [0.717, 1.165) is 17.7 Å². The minimum Gasteiger partial charge on any atom is -0.497 e. The number of aromatic nitrogens is 3. The molecule has 0 spiro atoms. The number of nitrogens with zero attached hydrogens (tertiary/aromatic N) is 3. The Morgan fingerprint density at radius 1 is 1.03 bits per heavy atom.